The molecule has 2 N–H and O–H groups in total. The van der Waals surface area contributed by atoms with E-state index < -0.39 is 11.5 Å². The van der Waals surface area contributed by atoms with Crippen LogP contribution in [0, 0.1) is 5.41 Å². The molecule has 0 aromatic rings. The fourth-order valence-electron chi connectivity index (χ4n) is 2.01. The summed E-state index contributed by atoms with van der Waals surface area (Å²) in [5.74, 6) is -0.212. The van der Waals surface area contributed by atoms with Crippen molar-refractivity contribution in [1.29, 1.82) is 0 Å². The van der Waals surface area contributed by atoms with Crippen molar-refractivity contribution in [2.75, 3.05) is 19.7 Å². The van der Waals surface area contributed by atoms with Crippen LogP contribution in [0.2, 0.25) is 0 Å². The fraction of sp³-hybridized carbons (Fsp3) is 0.875. The maximum absolute atomic E-state index is 11.4. The van der Waals surface area contributed by atoms with Gasteiger partial charge in [0.1, 0.15) is 0 Å². The van der Waals surface area contributed by atoms with Gasteiger partial charge in [0.15, 0.2) is 0 Å². The number of ether oxygens (including phenoxy) is 1. The van der Waals surface area contributed by atoms with Crippen LogP contribution in [0.15, 0.2) is 0 Å². The van der Waals surface area contributed by atoms with Crippen LogP contribution >= 0.6 is 12.4 Å². The van der Waals surface area contributed by atoms with E-state index in [2.05, 4.69) is 5.32 Å². The summed E-state index contributed by atoms with van der Waals surface area (Å²) >= 11 is 0. The van der Waals surface area contributed by atoms with Crippen molar-refractivity contribution in [3.8, 4) is 0 Å². The molecule has 4 nitrogen and oxygen atoms in total. The van der Waals surface area contributed by atoms with Crippen LogP contribution in [0.5, 0.6) is 0 Å². The van der Waals surface area contributed by atoms with E-state index in [0.29, 0.717) is 26.0 Å². The van der Waals surface area contributed by atoms with Gasteiger partial charge < -0.3 is 15.2 Å². The van der Waals surface area contributed by atoms with Crippen molar-refractivity contribution in [2.24, 2.45) is 5.41 Å². The fourth-order valence-corrected chi connectivity index (χ4v) is 2.01. The first-order chi connectivity index (χ1) is 5.76. The van der Waals surface area contributed by atoms with Gasteiger partial charge in [-0.2, -0.15) is 0 Å². The molecule has 0 aromatic heterocycles. The molecule has 0 radical (unpaired) electrons. The first-order valence-electron chi connectivity index (χ1n) is 4.32. The van der Waals surface area contributed by atoms with E-state index in [1.54, 1.807) is 0 Å². The van der Waals surface area contributed by atoms with Gasteiger partial charge >= 0.3 is 5.97 Å². The normalized spacial score (nSPS) is 38.5. The summed E-state index contributed by atoms with van der Waals surface area (Å²) in [7, 11) is 0. The number of halogens is 1. The number of aliphatic hydroxyl groups is 1. The van der Waals surface area contributed by atoms with Gasteiger partial charge in [0.05, 0.1) is 18.1 Å². The summed E-state index contributed by atoms with van der Waals surface area (Å²) in [4.78, 5) is 11.4. The number of piperidine rings is 1. The Kier molecular flexibility index (Phi) is 3.16. The van der Waals surface area contributed by atoms with Crippen LogP contribution < -0.4 is 5.32 Å². The van der Waals surface area contributed by atoms with E-state index in [1.807, 2.05) is 0 Å². The van der Waals surface area contributed by atoms with Crippen molar-refractivity contribution in [1.82, 2.24) is 5.32 Å². The Morgan fingerprint density at radius 1 is 1.54 bits per heavy atom. The molecule has 13 heavy (non-hydrogen) atoms. The van der Waals surface area contributed by atoms with Gasteiger partial charge in [0.25, 0.3) is 0 Å². The van der Waals surface area contributed by atoms with Gasteiger partial charge in [-0.1, -0.05) is 0 Å². The molecule has 2 aliphatic rings. The third-order valence-electron chi connectivity index (χ3n) is 2.91. The minimum absolute atomic E-state index is 0. The predicted octanol–water partition coefficient (Wildman–Crippen LogP) is -0.304. The first-order valence-corrected chi connectivity index (χ1v) is 4.32. The highest BCUT2D eigenvalue weighted by atomic mass is 35.5. The molecule has 0 unspecified atom stereocenters. The summed E-state index contributed by atoms with van der Waals surface area (Å²) < 4.78 is 4.89. The monoisotopic (exact) mass is 207 g/mol. The molecule has 0 amide bonds. The van der Waals surface area contributed by atoms with Crippen LogP contribution in [0.4, 0.5) is 0 Å². The highest BCUT2D eigenvalue weighted by Crippen LogP contribution is 2.38. The summed E-state index contributed by atoms with van der Waals surface area (Å²) in [6.07, 6.45) is 0.808. The average molecular weight is 208 g/mol. The lowest BCUT2D eigenvalue weighted by molar-refractivity contribution is -0.153. The van der Waals surface area contributed by atoms with Crippen LogP contribution in [0.3, 0.4) is 0 Å². The van der Waals surface area contributed by atoms with E-state index in [0.717, 1.165) is 6.54 Å². The second-order valence-corrected chi connectivity index (χ2v) is 3.51. The van der Waals surface area contributed by atoms with E-state index in [9.17, 15) is 9.90 Å². The Labute approximate surface area is 83.1 Å². The Morgan fingerprint density at radius 3 is 2.85 bits per heavy atom. The highest BCUT2D eigenvalue weighted by molar-refractivity contribution is 5.85. The van der Waals surface area contributed by atoms with Crippen molar-refractivity contribution >= 4 is 18.4 Å². The number of β-amino-alcohol motifs (C(OH)–C–C–N with tert-alkyl or cyclic N) is 1. The Bertz CT molecular complexity index is 212. The topological polar surface area (TPSA) is 58.6 Å². The average Bonchev–Trinajstić information content (AvgIpc) is 2.41. The maximum atomic E-state index is 11.4. The lowest BCUT2D eigenvalue weighted by atomic mass is 9.75. The number of carbonyl (C=O) groups is 1. The molecule has 2 heterocycles. The minimum atomic E-state index is -0.578. The first kappa shape index (κ1) is 10.8. The molecule has 0 saturated carbocycles. The smallest absolute Gasteiger partial charge is 0.314 e. The number of hydrogen-bond acceptors (Lipinski definition) is 4. The van der Waals surface area contributed by atoms with Crippen LogP contribution in [-0.4, -0.2) is 36.9 Å². The number of nitrogens with one attached hydrogen (secondary N) is 1. The Morgan fingerprint density at radius 2 is 2.31 bits per heavy atom. The van der Waals surface area contributed by atoms with E-state index in [1.165, 1.54) is 0 Å². The molecule has 2 fully saturated rings. The van der Waals surface area contributed by atoms with Crippen LogP contribution in [-0.2, 0) is 9.53 Å². The van der Waals surface area contributed by atoms with E-state index in [-0.39, 0.29) is 18.4 Å². The molecule has 76 valence electrons. The molecule has 2 rings (SSSR count). The number of cyclic esters (lactones) is 1. The molecule has 1 spiro atoms. The van der Waals surface area contributed by atoms with Crippen molar-refractivity contribution in [3.63, 3.8) is 0 Å². The number of carbonyl (C=O) groups excluding carboxylic acids is 1. The second kappa shape index (κ2) is 3.82. The molecule has 0 bridgehead atoms. The number of hydrogen-bond donors (Lipinski definition) is 2. The zero-order valence-corrected chi connectivity index (χ0v) is 8.10. The zero-order valence-electron chi connectivity index (χ0n) is 7.28. The van der Waals surface area contributed by atoms with Gasteiger partial charge in [-0.15, -0.1) is 12.4 Å². The number of rotatable bonds is 0. The predicted molar refractivity (Wildman–Crippen MR) is 48.8 cm³/mol. The molecule has 2 aliphatic heterocycles. The molecule has 0 aliphatic carbocycles. The van der Waals surface area contributed by atoms with Gasteiger partial charge in [-0.3, -0.25) is 4.79 Å². The van der Waals surface area contributed by atoms with Gasteiger partial charge in [-0.05, 0) is 13.0 Å². The van der Waals surface area contributed by atoms with Crippen molar-refractivity contribution in [3.05, 3.63) is 0 Å². The Hall–Kier alpha value is -0.320. The molecule has 5 heteroatoms. The third-order valence-corrected chi connectivity index (χ3v) is 2.91. The SMILES string of the molecule is Cl.O=C1OCC[C@]12CCNC[C@@H]2O. The summed E-state index contributed by atoms with van der Waals surface area (Å²) in [5.41, 5.74) is -0.578. The van der Waals surface area contributed by atoms with Gasteiger partial charge in [0, 0.05) is 13.0 Å². The zero-order chi connectivity index (χ0) is 8.60. The number of esters is 1. The maximum Gasteiger partial charge on any atom is 0.314 e. The molecular weight excluding hydrogens is 194 g/mol. The highest BCUT2D eigenvalue weighted by Gasteiger charge is 2.51. The largest absolute Gasteiger partial charge is 0.465 e. The quantitative estimate of drug-likeness (QED) is 0.536. The van der Waals surface area contributed by atoms with Crippen molar-refractivity contribution in [2.45, 2.75) is 18.9 Å². The minimum Gasteiger partial charge on any atom is -0.465 e. The summed E-state index contributed by atoms with van der Waals surface area (Å²) in [6, 6.07) is 0. The summed E-state index contributed by atoms with van der Waals surface area (Å²) in [5, 5.41) is 12.7. The molecule has 2 saturated heterocycles. The van der Waals surface area contributed by atoms with Crippen LogP contribution in [0.25, 0.3) is 0 Å². The van der Waals surface area contributed by atoms with E-state index >= 15 is 0 Å². The van der Waals surface area contributed by atoms with Gasteiger partial charge in [0.2, 0.25) is 0 Å². The summed E-state index contributed by atoms with van der Waals surface area (Å²) in [6.45, 7) is 1.77. The van der Waals surface area contributed by atoms with Crippen molar-refractivity contribution < 1.29 is 14.6 Å². The van der Waals surface area contributed by atoms with Crippen LogP contribution in [0.1, 0.15) is 12.8 Å². The lowest BCUT2D eigenvalue weighted by Crippen LogP contribution is -2.51. The molecule has 2 atom stereocenters. The van der Waals surface area contributed by atoms with E-state index in [4.69, 9.17) is 4.74 Å². The standard InChI is InChI=1S/C8H13NO3.ClH/c10-6-5-9-3-1-8(6)2-4-12-7(8)11;/h6,9-10H,1-5H2;1H/t6-,8-;/m0./s1. The third kappa shape index (κ3) is 1.54. The number of aliphatic hydroxyl groups excluding tert-OH is 1. The second-order valence-electron chi connectivity index (χ2n) is 3.51. The van der Waals surface area contributed by atoms with Gasteiger partial charge in [-0.25, -0.2) is 0 Å². The molecular formula is C8H14ClNO3. The molecule has 0 aromatic carbocycles. The Balaban J connectivity index is 0.000000845. The lowest BCUT2D eigenvalue weighted by Gasteiger charge is -2.34.